The van der Waals surface area contributed by atoms with Crippen LogP contribution in [0, 0.1) is 0 Å². The fourth-order valence-electron chi connectivity index (χ4n) is 1.93. The van der Waals surface area contributed by atoms with Crippen LogP contribution in [0.1, 0.15) is 17.0 Å². The lowest BCUT2D eigenvalue weighted by Gasteiger charge is -2.20. The van der Waals surface area contributed by atoms with Crippen LogP contribution in [0.15, 0.2) is 22.8 Å². The monoisotopic (exact) mass is 252 g/mol. The van der Waals surface area contributed by atoms with E-state index in [1.807, 2.05) is 0 Å². The summed E-state index contributed by atoms with van der Waals surface area (Å²) in [4.78, 5) is 26.6. The molecule has 1 atom stereocenters. The Morgan fingerprint density at radius 2 is 2.39 bits per heavy atom. The zero-order valence-electron chi connectivity index (χ0n) is 10.2. The molecule has 1 fully saturated rings. The number of aliphatic hydroxyl groups is 1. The topological polar surface area (TPSA) is 74.0 Å². The van der Waals surface area contributed by atoms with Crippen LogP contribution in [-0.4, -0.2) is 59.5 Å². The third-order valence-corrected chi connectivity index (χ3v) is 2.97. The Morgan fingerprint density at radius 1 is 1.61 bits per heavy atom. The number of furan rings is 1. The molecule has 2 heterocycles. The summed E-state index contributed by atoms with van der Waals surface area (Å²) in [6.07, 6.45) is 1.57. The number of hydrogen-bond donors (Lipinski definition) is 1. The van der Waals surface area contributed by atoms with Crippen molar-refractivity contribution in [2.45, 2.75) is 12.5 Å². The van der Waals surface area contributed by atoms with Crippen molar-refractivity contribution in [3.8, 4) is 0 Å². The SMILES string of the molecule is CN(CC(=O)N1CC[C@@H](O)C1)C(=O)c1ccco1. The standard InChI is InChI=1S/C12H16N2O4/c1-13(12(17)10-3-2-6-18-10)8-11(16)14-5-4-9(15)7-14/h2-3,6,9,15H,4-5,7-8H2,1H3/t9-/m1/s1. The van der Waals surface area contributed by atoms with E-state index in [9.17, 15) is 14.7 Å². The van der Waals surface area contributed by atoms with Crippen LogP contribution in [0.2, 0.25) is 0 Å². The smallest absolute Gasteiger partial charge is 0.289 e. The summed E-state index contributed by atoms with van der Waals surface area (Å²) in [5.74, 6) is -0.270. The first-order chi connectivity index (χ1) is 8.58. The molecule has 0 unspecified atom stereocenters. The van der Waals surface area contributed by atoms with Crippen molar-refractivity contribution in [2.75, 3.05) is 26.7 Å². The third-order valence-electron chi connectivity index (χ3n) is 2.97. The van der Waals surface area contributed by atoms with E-state index in [0.29, 0.717) is 19.5 Å². The van der Waals surface area contributed by atoms with Gasteiger partial charge in [-0.25, -0.2) is 0 Å². The van der Waals surface area contributed by atoms with Crippen molar-refractivity contribution in [1.82, 2.24) is 9.80 Å². The molecule has 2 amide bonds. The van der Waals surface area contributed by atoms with Gasteiger partial charge in [0, 0.05) is 20.1 Å². The minimum absolute atomic E-state index is 0.00769. The molecule has 1 aliphatic rings. The Morgan fingerprint density at radius 3 is 2.94 bits per heavy atom. The van der Waals surface area contributed by atoms with Crippen molar-refractivity contribution in [2.24, 2.45) is 0 Å². The summed E-state index contributed by atoms with van der Waals surface area (Å²) in [6.45, 7) is 0.886. The maximum absolute atomic E-state index is 11.9. The van der Waals surface area contributed by atoms with E-state index in [-0.39, 0.29) is 24.1 Å². The van der Waals surface area contributed by atoms with Gasteiger partial charge in [-0.1, -0.05) is 0 Å². The van der Waals surface area contributed by atoms with Crippen molar-refractivity contribution in [1.29, 1.82) is 0 Å². The largest absolute Gasteiger partial charge is 0.459 e. The summed E-state index contributed by atoms with van der Waals surface area (Å²) in [7, 11) is 1.55. The number of carbonyl (C=O) groups is 2. The average molecular weight is 252 g/mol. The molecular formula is C12H16N2O4. The van der Waals surface area contributed by atoms with Crippen molar-refractivity contribution < 1.29 is 19.1 Å². The van der Waals surface area contributed by atoms with E-state index in [2.05, 4.69) is 0 Å². The van der Waals surface area contributed by atoms with Crippen LogP contribution in [-0.2, 0) is 4.79 Å². The molecule has 98 valence electrons. The third kappa shape index (κ3) is 2.70. The van der Waals surface area contributed by atoms with Crippen molar-refractivity contribution in [3.05, 3.63) is 24.2 Å². The fourth-order valence-corrected chi connectivity index (χ4v) is 1.93. The lowest BCUT2D eigenvalue weighted by Crippen LogP contribution is -2.40. The van der Waals surface area contributed by atoms with Gasteiger partial charge in [0.1, 0.15) is 0 Å². The highest BCUT2D eigenvalue weighted by atomic mass is 16.3. The van der Waals surface area contributed by atoms with E-state index in [4.69, 9.17) is 4.42 Å². The zero-order valence-corrected chi connectivity index (χ0v) is 10.2. The summed E-state index contributed by atoms with van der Waals surface area (Å²) in [5.41, 5.74) is 0. The molecule has 6 nitrogen and oxygen atoms in total. The Bertz CT molecular complexity index is 429. The molecule has 1 aromatic rings. The van der Waals surface area contributed by atoms with Crippen molar-refractivity contribution in [3.63, 3.8) is 0 Å². The van der Waals surface area contributed by atoms with Crippen molar-refractivity contribution >= 4 is 11.8 Å². The second kappa shape index (κ2) is 5.22. The number of carbonyl (C=O) groups excluding carboxylic acids is 2. The van der Waals surface area contributed by atoms with E-state index >= 15 is 0 Å². The second-order valence-corrected chi connectivity index (χ2v) is 4.42. The number of likely N-dealkylation sites (N-methyl/N-ethyl adjacent to an activating group) is 1. The Hall–Kier alpha value is -1.82. The van der Waals surface area contributed by atoms with Crippen LogP contribution in [0.4, 0.5) is 0 Å². The van der Waals surface area contributed by atoms with Gasteiger partial charge in [0.05, 0.1) is 18.9 Å². The molecule has 1 aromatic heterocycles. The maximum atomic E-state index is 11.9. The highest BCUT2D eigenvalue weighted by molar-refractivity contribution is 5.94. The molecule has 1 N–H and O–H groups in total. The predicted molar refractivity (Wildman–Crippen MR) is 62.9 cm³/mol. The van der Waals surface area contributed by atoms with E-state index < -0.39 is 6.10 Å². The molecule has 6 heteroatoms. The van der Waals surface area contributed by atoms with Gasteiger partial charge in [0.25, 0.3) is 5.91 Å². The molecule has 0 radical (unpaired) electrons. The Kier molecular flexibility index (Phi) is 3.66. The van der Waals surface area contributed by atoms with E-state index in [1.54, 1.807) is 24.1 Å². The van der Waals surface area contributed by atoms with Gasteiger partial charge in [-0.05, 0) is 18.6 Å². The molecular weight excluding hydrogens is 236 g/mol. The highest BCUT2D eigenvalue weighted by Gasteiger charge is 2.26. The van der Waals surface area contributed by atoms with Gasteiger partial charge in [-0.2, -0.15) is 0 Å². The summed E-state index contributed by atoms with van der Waals surface area (Å²) >= 11 is 0. The van der Waals surface area contributed by atoms with Crippen LogP contribution in [0.5, 0.6) is 0 Å². The van der Waals surface area contributed by atoms with Crippen LogP contribution < -0.4 is 0 Å². The lowest BCUT2D eigenvalue weighted by molar-refractivity contribution is -0.131. The normalized spacial score (nSPS) is 19.0. The van der Waals surface area contributed by atoms with Gasteiger partial charge >= 0.3 is 0 Å². The quantitative estimate of drug-likeness (QED) is 0.818. The zero-order chi connectivity index (χ0) is 13.1. The Balaban J connectivity index is 1.89. The first-order valence-electron chi connectivity index (χ1n) is 5.82. The highest BCUT2D eigenvalue weighted by Crippen LogP contribution is 2.10. The average Bonchev–Trinajstić information content (AvgIpc) is 2.98. The fraction of sp³-hybridized carbons (Fsp3) is 0.500. The number of aliphatic hydroxyl groups excluding tert-OH is 1. The number of rotatable bonds is 3. The first kappa shape index (κ1) is 12.6. The predicted octanol–water partition coefficient (Wildman–Crippen LogP) is -0.0552. The van der Waals surface area contributed by atoms with Crippen LogP contribution in [0.25, 0.3) is 0 Å². The number of nitrogens with zero attached hydrogens (tertiary/aromatic N) is 2. The molecule has 0 aromatic carbocycles. The molecule has 0 spiro atoms. The van der Waals surface area contributed by atoms with Gasteiger partial charge in [0.15, 0.2) is 5.76 Å². The summed E-state index contributed by atoms with van der Waals surface area (Å²) in [5, 5.41) is 9.35. The molecule has 0 aliphatic carbocycles. The summed E-state index contributed by atoms with van der Waals surface area (Å²) < 4.78 is 4.98. The molecule has 1 aliphatic heterocycles. The molecule has 1 saturated heterocycles. The molecule has 0 bridgehead atoms. The molecule has 18 heavy (non-hydrogen) atoms. The minimum atomic E-state index is -0.444. The van der Waals surface area contributed by atoms with Gasteiger partial charge in [-0.3, -0.25) is 9.59 Å². The maximum Gasteiger partial charge on any atom is 0.289 e. The van der Waals surface area contributed by atoms with Gasteiger partial charge in [0.2, 0.25) is 5.91 Å². The van der Waals surface area contributed by atoms with E-state index in [0.717, 1.165) is 0 Å². The Labute approximate surface area is 105 Å². The molecule has 2 rings (SSSR count). The van der Waals surface area contributed by atoms with Crippen LogP contribution in [0.3, 0.4) is 0 Å². The minimum Gasteiger partial charge on any atom is -0.459 e. The number of likely N-dealkylation sites (tertiary alicyclic amines) is 1. The van der Waals surface area contributed by atoms with Gasteiger partial charge < -0.3 is 19.3 Å². The second-order valence-electron chi connectivity index (χ2n) is 4.42. The van der Waals surface area contributed by atoms with Gasteiger partial charge in [-0.15, -0.1) is 0 Å². The first-order valence-corrected chi connectivity index (χ1v) is 5.82. The lowest BCUT2D eigenvalue weighted by atomic mass is 10.3. The van der Waals surface area contributed by atoms with E-state index in [1.165, 1.54) is 11.2 Å². The number of hydrogen-bond acceptors (Lipinski definition) is 4. The summed E-state index contributed by atoms with van der Waals surface area (Å²) in [6, 6.07) is 3.18. The number of β-amino-alcohol motifs (C(OH)–C–C–N with tert-alkyl or cyclic N) is 1. The van der Waals surface area contributed by atoms with Crippen LogP contribution >= 0.6 is 0 Å². The number of amides is 2. The molecule has 0 saturated carbocycles.